The van der Waals surface area contributed by atoms with Gasteiger partial charge in [-0.2, -0.15) is 4.84 Å². The third-order valence-corrected chi connectivity index (χ3v) is 1.90. The van der Waals surface area contributed by atoms with Crippen molar-refractivity contribution in [1.82, 2.24) is 9.88 Å². The first-order valence-electron chi connectivity index (χ1n) is 4.77. The third-order valence-electron chi connectivity index (χ3n) is 1.90. The fourth-order valence-electron chi connectivity index (χ4n) is 1.08. The van der Waals surface area contributed by atoms with Crippen molar-refractivity contribution < 1.29 is 26.8 Å². The number of amides is 1. The predicted octanol–water partition coefficient (Wildman–Crippen LogP) is -3.15. The monoisotopic (exact) mass is 246 g/mol. The molecule has 0 aliphatic carbocycles. The van der Waals surface area contributed by atoms with Gasteiger partial charge >= 0.3 is 6.09 Å². The van der Waals surface area contributed by atoms with Gasteiger partial charge in [0.2, 0.25) is 6.20 Å². The van der Waals surface area contributed by atoms with Gasteiger partial charge in [0.05, 0.1) is 6.20 Å². The molecule has 0 aromatic carbocycles. The van der Waals surface area contributed by atoms with Gasteiger partial charge in [0, 0.05) is 17.8 Å². The Morgan fingerprint density at radius 2 is 2.19 bits per heavy atom. The Kier molecular flexibility index (Phi) is 6.17. The lowest BCUT2D eigenvalue weighted by atomic mass is 10.6. The van der Waals surface area contributed by atoms with E-state index in [-0.39, 0.29) is 12.4 Å². The van der Waals surface area contributed by atoms with Crippen LogP contribution in [0.2, 0.25) is 0 Å². The zero-order valence-corrected chi connectivity index (χ0v) is 10.0. The maximum atomic E-state index is 11.5. The summed E-state index contributed by atoms with van der Waals surface area (Å²) in [6.45, 7) is 4.99. The standard InChI is InChI=1S/C9H15N4O2.ClH/c1-3-12(4-2)9(14)15-13-6-5-11-8(10)7-13;/h5-7H,3-4H2,1-2H3,(H2,10,11);1H/q+1;/p-1. The molecule has 1 amide bonds. The predicted molar refractivity (Wildman–Crippen MR) is 53.7 cm³/mol. The minimum atomic E-state index is -0.407. The lowest BCUT2D eigenvalue weighted by Gasteiger charge is -2.13. The summed E-state index contributed by atoms with van der Waals surface area (Å²) in [7, 11) is 0. The van der Waals surface area contributed by atoms with E-state index >= 15 is 0 Å². The number of nitrogens with two attached hydrogens (primary N) is 1. The molecular formula is C9H15ClN4O2. The van der Waals surface area contributed by atoms with Gasteiger partial charge < -0.3 is 23.0 Å². The lowest BCUT2D eigenvalue weighted by molar-refractivity contribution is -0.869. The largest absolute Gasteiger partial charge is 1.00 e. The van der Waals surface area contributed by atoms with Gasteiger partial charge in [-0.15, -0.1) is 0 Å². The molecule has 6 nitrogen and oxygen atoms in total. The molecule has 0 saturated heterocycles. The highest BCUT2D eigenvalue weighted by Crippen LogP contribution is 1.89. The molecule has 1 heterocycles. The van der Waals surface area contributed by atoms with Crippen LogP contribution < -0.4 is 27.7 Å². The van der Waals surface area contributed by atoms with Gasteiger partial charge in [0.1, 0.15) is 0 Å². The normalized spacial score (nSPS) is 9.12. The number of carbonyl (C=O) groups is 1. The molecule has 1 aromatic heterocycles. The quantitative estimate of drug-likeness (QED) is 0.572. The fourth-order valence-corrected chi connectivity index (χ4v) is 1.08. The van der Waals surface area contributed by atoms with E-state index in [4.69, 9.17) is 10.6 Å². The van der Waals surface area contributed by atoms with E-state index in [9.17, 15) is 4.79 Å². The highest BCUT2D eigenvalue weighted by atomic mass is 35.5. The van der Waals surface area contributed by atoms with Gasteiger partial charge in [-0.1, -0.05) is 0 Å². The summed E-state index contributed by atoms with van der Waals surface area (Å²) in [6.07, 6.45) is 4.00. The van der Waals surface area contributed by atoms with Gasteiger partial charge in [-0.25, -0.2) is 9.78 Å². The molecule has 0 fully saturated rings. The molecule has 0 atom stereocenters. The lowest BCUT2D eigenvalue weighted by Crippen LogP contribution is -3.00. The molecule has 0 aliphatic heterocycles. The van der Waals surface area contributed by atoms with Crippen molar-refractivity contribution in [2.75, 3.05) is 18.8 Å². The van der Waals surface area contributed by atoms with E-state index in [0.29, 0.717) is 18.9 Å². The second-order valence-corrected chi connectivity index (χ2v) is 2.87. The number of halogens is 1. The van der Waals surface area contributed by atoms with E-state index in [1.807, 2.05) is 13.8 Å². The fraction of sp³-hybridized carbons (Fsp3) is 0.444. The minimum absolute atomic E-state index is 0. The maximum Gasteiger partial charge on any atom is 0.478 e. The molecule has 2 N–H and O–H groups in total. The van der Waals surface area contributed by atoms with E-state index in [0.717, 1.165) is 0 Å². The summed E-state index contributed by atoms with van der Waals surface area (Å²) in [5, 5.41) is 0. The van der Waals surface area contributed by atoms with Crippen molar-refractivity contribution in [2.24, 2.45) is 0 Å². The van der Waals surface area contributed by atoms with Crippen LogP contribution in [0.4, 0.5) is 10.6 Å². The number of aromatic nitrogens is 2. The first kappa shape index (κ1) is 14.4. The highest BCUT2D eigenvalue weighted by molar-refractivity contribution is 5.66. The van der Waals surface area contributed by atoms with Crippen LogP contribution in [0.15, 0.2) is 18.6 Å². The number of rotatable bonds is 3. The molecule has 7 heteroatoms. The second-order valence-electron chi connectivity index (χ2n) is 2.87. The van der Waals surface area contributed by atoms with E-state index in [1.165, 1.54) is 23.3 Å². The van der Waals surface area contributed by atoms with E-state index < -0.39 is 6.09 Å². The van der Waals surface area contributed by atoms with Gasteiger partial charge in [0.15, 0.2) is 5.82 Å². The smallest absolute Gasteiger partial charge is 0.478 e. The van der Waals surface area contributed by atoms with Gasteiger partial charge in [0.25, 0.3) is 6.20 Å². The molecular weight excluding hydrogens is 232 g/mol. The zero-order valence-electron chi connectivity index (χ0n) is 9.26. The number of nitrogens with zero attached hydrogens (tertiary/aromatic N) is 3. The summed E-state index contributed by atoms with van der Waals surface area (Å²) in [5.74, 6) is 0.296. The summed E-state index contributed by atoms with van der Waals surface area (Å²) in [6, 6.07) is 0. The summed E-state index contributed by atoms with van der Waals surface area (Å²) in [4.78, 5) is 21.9. The van der Waals surface area contributed by atoms with Crippen molar-refractivity contribution in [3.63, 3.8) is 0 Å². The van der Waals surface area contributed by atoms with Gasteiger partial charge in [-0.3, -0.25) is 0 Å². The topological polar surface area (TPSA) is 72.3 Å². The van der Waals surface area contributed by atoms with Crippen LogP contribution in [0.5, 0.6) is 0 Å². The van der Waals surface area contributed by atoms with Crippen molar-refractivity contribution in [1.29, 1.82) is 0 Å². The van der Waals surface area contributed by atoms with Gasteiger partial charge in [-0.05, 0) is 13.8 Å². The summed E-state index contributed by atoms with van der Waals surface area (Å²) in [5.41, 5.74) is 5.44. The molecule has 1 rings (SSSR count). The molecule has 16 heavy (non-hydrogen) atoms. The second kappa shape index (κ2) is 6.84. The molecule has 0 spiro atoms. The summed E-state index contributed by atoms with van der Waals surface area (Å²) < 4.78 is 1.24. The zero-order chi connectivity index (χ0) is 11.3. The van der Waals surface area contributed by atoms with Crippen molar-refractivity contribution in [2.45, 2.75) is 13.8 Å². The average Bonchev–Trinajstić information content (AvgIpc) is 2.19. The molecule has 0 saturated carbocycles. The number of carbonyl (C=O) groups excluding carboxylic acids is 1. The van der Waals surface area contributed by atoms with Crippen LogP contribution in [-0.4, -0.2) is 29.1 Å². The van der Waals surface area contributed by atoms with Crippen LogP contribution in [0.1, 0.15) is 13.8 Å². The van der Waals surface area contributed by atoms with Crippen LogP contribution in [0.3, 0.4) is 0 Å². The van der Waals surface area contributed by atoms with Crippen LogP contribution in [0.25, 0.3) is 0 Å². The Morgan fingerprint density at radius 3 is 2.69 bits per heavy atom. The Bertz CT molecular complexity index is 344. The SMILES string of the molecule is CCN(CC)C(=O)O[n+]1ccnc(N)c1.[Cl-]. The molecule has 1 aromatic rings. The number of nitrogen functional groups attached to an aromatic ring is 1. The van der Waals surface area contributed by atoms with Crippen molar-refractivity contribution in [3.8, 4) is 0 Å². The average molecular weight is 247 g/mol. The number of hydrogen-bond acceptors (Lipinski definition) is 4. The molecule has 0 aliphatic rings. The molecule has 0 unspecified atom stereocenters. The van der Waals surface area contributed by atoms with Crippen LogP contribution >= 0.6 is 0 Å². The first-order valence-corrected chi connectivity index (χ1v) is 4.77. The molecule has 0 bridgehead atoms. The first-order chi connectivity index (χ1) is 7.17. The van der Waals surface area contributed by atoms with Crippen molar-refractivity contribution in [3.05, 3.63) is 18.6 Å². The molecule has 0 radical (unpaired) electrons. The third kappa shape index (κ3) is 3.90. The van der Waals surface area contributed by atoms with Crippen LogP contribution in [-0.2, 0) is 0 Å². The Labute approximate surface area is 100 Å². The van der Waals surface area contributed by atoms with E-state index in [2.05, 4.69) is 4.98 Å². The Hall–Kier alpha value is -1.56. The van der Waals surface area contributed by atoms with Crippen molar-refractivity contribution >= 4 is 11.9 Å². The number of anilines is 1. The summed E-state index contributed by atoms with van der Waals surface area (Å²) >= 11 is 0. The molecule has 90 valence electrons. The highest BCUT2D eigenvalue weighted by Gasteiger charge is 2.17. The maximum absolute atomic E-state index is 11.5. The Morgan fingerprint density at radius 1 is 1.56 bits per heavy atom. The number of hydrogen-bond donors (Lipinski definition) is 1. The minimum Gasteiger partial charge on any atom is -1.00 e. The Balaban J connectivity index is 0.00000225. The van der Waals surface area contributed by atoms with Crippen LogP contribution in [0, 0.1) is 0 Å². The van der Waals surface area contributed by atoms with E-state index in [1.54, 1.807) is 4.90 Å².